The van der Waals surface area contributed by atoms with Gasteiger partial charge in [0.2, 0.25) is 15.9 Å². The molecule has 3 rings (SSSR count). The number of halogens is 1. The van der Waals surface area contributed by atoms with Crippen LogP contribution in [0.3, 0.4) is 0 Å². The third kappa shape index (κ3) is 5.47. The number of carbonyl (C=O) groups is 1. The summed E-state index contributed by atoms with van der Waals surface area (Å²) < 4.78 is 44.8. The summed E-state index contributed by atoms with van der Waals surface area (Å²) in [5, 5.41) is 4.06. The zero-order chi connectivity index (χ0) is 20.9. The van der Waals surface area contributed by atoms with Crippen LogP contribution in [0.25, 0.3) is 0 Å². The molecule has 1 aliphatic rings. The number of nitrogens with one attached hydrogen (secondary N) is 1. The summed E-state index contributed by atoms with van der Waals surface area (Å²) in [6.07, 6.45) is 0.0772. The minimum Gasteiger partial charge on any atom is -0.379 e. The van der Waals surface area contributed by atoms with Crippen LogP contribution < -0.4 is 5.43 Å². The minimum atomic E-state index is -3.55. The lowest BCUT2D eigenvalue weighted by molar-refractivity contribution is -0.120. The summed E-state index contributed by atoms with van der Waals surface area (Å²) >= 11 is 0. The van der Waals surface area contributed by atoms with Crippen LogP contribution in [-0.2, 0) is 26.0 Å². The molecule has 1 heterocycles. The van der Waals surface area contributed by atoms with Crippen LogP contribution in [0, 0.1) is 5.82 Å². The highest BCUT2D eigenvalue weighted by Crippen LogP contribution is 2.18. The molecule has 1 fully saturated rings. The molecule has 154 valence electrons. The minimum absolute atomic E-state index is 0.0772. The van der Waals surface area contributed by atoms with E-state index in [0.717, 1.165) is 0 Å². The molecule has 0 aliphatic carbocycles. The Morgan fingerprint density at radius 3 is 2.34 bits per heavy atom. The van der Waals surface area contributed by atoms with Gasteiger partial charge >= 0.3 is 0 Å². The first-order chi connectivity index (χ1) is 13.9. The fourth-order valence-electron chi connectivity index (χ4n) is 2.84. The van der Waals surface area contributed by atoms with Crippen LogP contribution >= 0.6 is 0 Å². The van der Waals surface area contributed by atoms with Gasteiger partial charge in [-0.1, -0.05) is 24.3 Å². The molecule has 0 bridgehead atoms. The van der Waals surface area contributed by atoms with E-state index in [2.05, 4.69) is 10.5 Å². The van der Waals surface area contributed by atoms with Crippen molar-refractivity contribution in [1.29, 1.82) is 0 Å². The van der Waals surface area contributed by atoms with Gasteiger partial charge in [0.1, 0.15) is 5.82 Å². The molecule has 0 unspecified atom stereocenters. The van der Waals surface area contributed by atoms with E-state index in [1.165, 1.54) is 28.6 Å². The standard InChI is InChI=1S/C20H22FN3O4S/c1-15(22-23-20(25)14-16-2-6-18(21)7-3-16)17-4-8-19(9-5-17)29(26,27)24-10-12-28-13-11-24/h2-9H,10-14H2,1H3,(H,23,25)/b22-15+. The third-order valence-electron chi connectivity index (χ3n) is 4.51. The molecule has 0 atom stereocenters. The first-order valence-electron chi connectivity index (χ1n) is 9.12. The zero-order valence-corrected chi connectivity index (χ0v) is 16.8. The second-order valence-corrected chi connectivity index (χ2v) is 8.51. The number of sulfonamides is 1. The lowest BCUT2D eigenvalue weighted by Gasteiger charge is -2.26. The monoisotopic (exact) mass is 419 g/mol. The lowest BCUT2D eigenvalue weighted by atomic mass is 10.1. The molecule has 7 nitrogen and oxygen atoms in total. The van der Waals surface area contributed by atoms with Crippen molar-refractivity contribution in [2.24, 2.45) is 5.10 Å². The van der Waals surface area contributed by atoms with E-state index >= 15 is 0 Å². The molecule has 0 aromatic heterocycles. The van der Waals surface area contributed by atoms with Gasteiger partial charge in [-0.15, -0.1) is 0 Å². The summed E-state index contributed by atoms with van der Waals surface area (Å²) in [6.45, 7) is 3.17. The van der Waals surface area contributed by atoms with Crippen molar-refractivity contribution in [2.45, 2.75) is 18.2 Å². The fraction of sp³-hybridized carbons (Fsp3) is 0.300. The molecule has 29 heavy (non-hydrogen) atoms. The van der Waals surface area contributed by atoms with E-state index in [-0.39, 0.29) is 23.0 Å². The quantitative estimate of drug-likeness (QED) is 0.573. The maximum absolute atomic E-state index is 12.9. The normalized spacial score (nSPS) is 15.9. The Labute approximate surface area is 169 Å². The molecule has 1 amide bonds. The fourth-order valence-corrected chi connectivity index (χ4v) is 4.25. The SMILES string of the molecule is C/C(=N\NC(=O)Cc1ccc(F)cc1)c1ccc(S(=O)(=O)N2CCOCC2)cc1. The number of hydrogen-bond donors (Lipinski definition) is 1. The Morgan fingerprint density at radius 2 is 1.72 bits per heavy atom. The van der Waals surface area contributed by atoms with Crippen molar-refractivity contribution in [1.82, 2.24) is 9.73 Å². The number of nitrogens with zero attached hydrogens (tertiary/aromatic N) is 2. The number of ether oxygens (including phenoxy) is 1. The molecule has 2 aromatic carbocycles. The van der Waals surface area contributed by atoms with Crippen molar-refractivity contribution in [2.75, 3.05) is 26.3 Å². The Hall–Kier alpha value is -2.62. The topological polar surface area (TPSA) is 88.1 Å². The van der Waals surface area contributed by atoms with Gasteiger partial charge in [-0.2, -0.15) is 9.41 Å². The maximum atomic E-state index is 12.9. The molecule has 9 heteroatoms. The van der Waals surface area contributed by atoms with E-state index < -0.39 is 10.0 Å². The second kappa shape index (κ2) is 9.25. The molecular weight excluding hydrogens is 397 g/mol. The molecule has 0 saturated carbocycles. The van der Waals surface area contributed by atoms with Crippen molar-refractivity contribution in [3.8, 4) is 0 Å². The van der Waals surface area contributed by atoms with E-state index in [1.807, 2.05) is 0 Å². The smallest absolute Gasteiger partial charge is 0.244 e. The van der Waals surface area contributed by atoms with E-state index in [4.69, 9.17) is 4.74 Å². The van der Waals surface area contributed by atoms with E-state index in [1.54, 1.807) is 31.2 Å². The van der Waals surface area contributed by atoms with Crippen LogP contribution in [0.2, 0.25) is 0 Å². The molecular formula is C20H22FN3O4S. The van der Waals surface area contributed by atoms with Crippen LogP contribution in [0.1, 0.15) is 18.1 Å². The summed E-state index contributed by atoms with van der Waals surface area (Å²) in [5.74, 6) is -0.690. The average molecular weight is 419 g/mol. The number of amides is 1. The average Bonchev–Trinajstić information content (AvgIpc) is 2.74. The Kier molecular flexibility index (Phi) is 6.73. The predicted molar refractivity (Wildman–Crippen MR) is 106 cm³/mol. The summed E-state index contributed by atoms with van der Waals surface area (Å²) in [4.78, 5) is 12.2. The molecule has 1 N–H and O–H groups in total. The Bertz CT molecular complexity index is 983. The highest BCUT2D eigenvalue weighted by molar-refractivity contribution is 7.89. The van der Waals surface area contributed by atoms with Gasteiger partial charge in [0.25, 0.3) is 0 Å². The van der Waals surface area contributed by atoms with Crippen LogP contribution in [0.4, 0.5) is 4.39 Å². The number of rotatable bonds is 6. The van der Waals surface area contributed by atoms with Crippen LogP contribution in [-0.4, -0.2) is 50.6 Å². The van der Waals surface area contributed by atoms with Gasteiger partial charge in [0.15, 0.2) is 0 Å². The van der Waals surface area contributed by atoms with Gasteiger partial charge in [0, 0.05) is 13.1 Å². The van der Waals surface area contributed by atoms with Gasteiger partial charge in [0.05, 0.1) is 30.2 Å². The largest absolute Gasteiger partial charge is 0.379 e. The highest BCUT2D eigenvalue weighted by Gasteiger charge is 2.26. The summed E-state index contributed by atoms with van der Waals surface area (Å²) in [5.41, 5.74) is 4.35. The van der Waals surface area contributed by atoms with Gasteiger partial charge in [-0.3, -0.25) is 4.79 Å². The van der Waals surface area contributed by atoms with Crippen LogP contribution in [0.5, 0.6) is 0 Å². The van der Waals surface area contributed by atoms with Gasteiger partial charge in [-0.05, 0) is 42.3 Å². The summed E-state index contributed by atoms with van der Waals surface area (Å²) in [7, 11) is -3.55. The van der Waals surface area contributed by atoms with Crippen LogP contribution in [0.15, 0.2) is 58.5 Å². The highest BCUT2D eigenvalue weighted by atomic mass is 32.2. The lowest BCUT2D eigenvalue weighted by Crippen LogP contribution is -2.40. The van der Waals surface area contributed by atoms with Crippen molar-refractivity contribution in [3.05, 3.63) is 65.5 Å². The molecule has 0 spiro atoms. The third-order valence-corrected chi connectivity index (χ3v) is 6.42. The number of morpholine rings is 1. The second-order valence-electron chi connectivity index (χ2n) is 6.58. The first kappa shape index (κ1) is 21.1. The molecule has 0 radical (unpaired) electrons. The molecule has 2 aromatic rings. The van der Waals surface area contributed by atoms with Crippen molar-refractivity contribution >= 4 is 21.6 Å². The number of hydrazone groups is 1. The Morgan fingerprint density at radius 1 is 1.10 bits per heavy atom. The van der Waals surface area contributed by atoms with Crippen molar-refractivity contribution in [3.63, 3.8) is 0 Å². The predicted octanol–water partition coefficient (Wildman–Crippen LogP) is 1.93. The van der Waals surface area contributed by atoms with Gasteiger partial charge < -0.3 is 4.74 Å². The maximum Gasteiger partial charge on any atom is 0.244 e. The van der Waals surface area contributed by atoms with Gasteiger partial charge in [-0.25, -0.2) is 18.2 Å². The molecule has 1 saturated heterocycles. The molecule has 1 aliphatic heterocycles. The number of hydrogen-bond acceptors (Lipinski definition) is 5. The number of carbonyl (C=O) groups excluding carboxylic acids is 1. The first-order valence-corrected chi connectivity index (χ1v) is 10.6. The van der Waals surface area contributed by atoms with E-state index in [0.29, 0.717) is 43.1 Å². The van der Waals surface area contributed by atoms with Crippen molar-refractivity contribution < 1.29 is 22.3 Å². The Balaban J connectivity index is 1.62. The zero-order valence-electron chi connectivity index (χ0n) is 16.0. The van der Waals surface area contributed by atoms with E-state index in [9.17, 15) is 17.6 Å². The number of benzene rings is 2. The summed E-state index contributed by atoms with van der Waals surface area (Å²) in [6, 6.07) is 12.0.